The van der Waals surface area contributed by atoms with Crippen molar-refractivity contribution in [3.05, 3.63) is 33.9 Å². The third-order valence-corrected chi connectivity index (χ3v) is 2.72. The first-order chi connectivity index (χ1) is 9.18. The van der Waals surface area contributed by atoms with Crippen LogP contribution >= 0.6 is 0 Å². The van der Waals surface area contributed by atoms with E-state index in [2.05, 4.69) is 5.32 Å². The van der Waals surface area contributed by atoms with Crippen LogP contribution in [0, 0.1) is 10.1 Å². The molecule has 20 heavy (non-hydrogen) atoms. The van der Waals surface area contributed by atoms with Crippen molar-refractivity contribution < 1.29 is 14.8 Å². The molecule has 0 aromatic heterocycles. The summed E-state index contributed by atoms with van der Waals surface area (Å²) in [6.07, 6.45) is 0. The second-order valence-electron chi connectivity index (χ2n) is 5.36. The van der Waals surface area contributed by atoms with Gasteiger partial charge in [-0.25, -0.2) is 0 Å². The van der Waals surface area contributed by atoms with Crippen LogP contribution in [-0.4, -0.2) is 47.1 Å². The minimum atomic E-state index is -0.697. The van der Waals surface area contributed by atoms with Crippen LogP contribution < -0.4 is 5.32 Å². The number of nitrogens with zero attached hydrogens (tertiary/aromatic N) is 2. The average Bonchev–Trinajstić information content (AvgIpc) is 2.37. The zero-order valence-electron chi connectivity index (χ0n) is 12.0. The molecule has 0 aliphatic rings. The molecule has 1 aromatic carbocycles. The van der Waals surface area contributed by atoms with Crippen LogP contribution in [-0.2, 0) is 0 Å². The topological polar surface area (TPSA) is 95.7 Å². The normalized spacial score (nSPS) is 11.1. The van der Waals surface area contributed by atoms with Crippen LogP contribution in [0.1, 0.15) is 24.2 Å². The van der Waals surface area contributed by atoms with E-state index in [4.69, 9.17) is 0 Å². The molecule has 0 saturated heterocycles. The van der Waals surface area contributed by atoms with Crippen molar-refractivity contribution in [2.24, 2.45) is 0 Å². The van der Waals surface area contributed by atoms with Crippen LogP contribution in [0.5, 0.6) is 0 Å². The number of benzene rings is 1. The Morgan fingerprint density at radius 3 is 2.50 bits per heavy atom. The number of aliphatic hydroxyl groups is 1. The zero-order valence-corrected chi connectivity index (χ0v) is 12.0. The van der Waals surface area contributed by atoms with Crippen LogP contribution in [0.3, 0.4) is 0 Å². The van der Waals surface area contributed by atoms with Gasteiger partial charge in [0.2, 0.25) is 0 Å². The molecule has 0 heterocycles. The van der Waals surface area contributed by atoms with Gasteiger partial charge >= 0.3 is 0 Å². The van der Waals surface area contributed by atoms with Crippen molar-refractivity contribution in [2.75, 3.05) is 26.0 Å². The van der Waals surface area contributed by atoms with Crippen LogP contribution in [0.15, 0.2) is 18.2 Å². The Morgan fingerprint density at radius 2 is 2.05 bits per heavy atom. The second-order valence-corrected chi connectivity index (χ2v) is 5.36. The van der Waals surface area contributed by atoms with Crippen molar-refractivity contribution in [3.63, 3.8) is 0 Å². The van der Waals surface area contributed by atoms with Crippen LogP contribution in [0.2, 0.25) is 0 Å². The summed E-state index contributed by atoms with van der Waals surface area (Å²) in [6, 6.07) is 4.23. The van der Waals surface area contributed by atoms with Crippen molar-refractivity contribution in [1.29, 1.82) is 0 Å². The quantitative estimate of drug-likeness (QED) is 0.629. The Morgan fingerprint density at radius 1 is 1.45 bits per heavy atom. The second kappa shape index (κ2) is 5.87. The highest BCUT2D eigenvalue weighted by molar-refractivity contribution is 5.95. The number of amides is 1. The molecule has 1 rings (SSSR count). The molecule has 0 saturated carbocycles. The number of rotatable bonds is 5. The van der Waals surface area contributed by atoms with E-state index in [0.717, 1.165) is 0 Å². The fourth-order valence-electron chi connectivity index (χ4n) is 1.58. The maximum atomic E-state index is 11.8. The van der Waals surface area contributed by atoms with E-state index in [0.29, 0.717) is 0 Å². The summed E-state index contributed by atoms with van der Waals surface area (Å²) in [5, 5.41) is 23.2. The number of nitro benzene ring substituents is 1. The molecule has 0 aliphatic carbocycles. The van der Waals surface area contributed by atoms with Gasteiger partial charge in [-0.2, -0.15) is 0 Å². The summed E-state index contributed by atoms with van der Waals surface area (Å²) in [5.41, 5.74) is -0.379. The number of aliphatic hydroxyl groups excluding tert-OH is 1. The Labute approximate surface area is 117 Å². The molecule has 1 aromatic rings. The van der Waals surface area contributed by atoms with E-state index in [1.54, 1.807) is 27.9 Å². The summed E-state index contributed by atoms with van der Waals surface area (Å²) in [4.78, 5) is 23.7. The number of anilines is 1. The minimum absolute atomic E-state index is 0.178. The first kappa shape index (κ1) is 15.9. The summed E-state index contributed by atoms with van der Waals surface area (Å²) in [5.74, 6) is -0.305. The average molecular weight is 281 g/mol. The molecule has 0 atom stereocenters. The van der Waals surface area contributed by atoms with Gasteiger partial charge in [0.25, 0.3) is 11.6 Å². The molecule has 110 valence electrons. The molecule has 0 radical (unpaired) electrons. The molecule has 1 amide bonds. The molecule has 0 spiro atoms. The van der Waals surface area contributed by atoms with E-state index in [1.165, 1.54) is 23.1 Å². The van der Waals surface area contributed by atoms with Gasteiger partial charge in [-0.05, 0) is 26.0 Å². The maximum absolute atomic E-state index is 11.8. The third-order valence-electron chi connectivity index (χ3n) is 2.72. The van der Waals surface area contributed by atoms with Crippen LogP contribution in [0.25, 0.3) is 0 Å². The van der Waals surface area contributed by atoms with Gasteiger partial charge in [0.1, 0.15) is 5.69 Å². The standard InChI is InChI=1S/C13H19N3O4/c1-13(2,8-17)14-10-6-5-9(12(18)15(3)4)7-11(10)16(19)20/h5-7,14,17H,8H2,1-4H3. The number of carbonyl (C=O) groups excluding carboxylic acids is 1. The summed E-state index contributed by atoms with van der Waals surface area (Å²) < 4.78 is 0. The SMILES string of the molecule is CN(C)C(=O)c1ccc(NC(C)(C)CO)c([N+](=O)[O-])c1. The first-order valence-corrected chi connectivity index (χ1v) is 6.07. The Bertz CT molecular complexity index is 526. The summed E-state index contributed by atoms with van der Waals surface area (Å²) in [6.45, 7) is 3.26. The molecule has 7 heteroatoms. The van der Waals surface area contributed by atoms with Gasteiger partial charge in [-0.1, -0.05) is 0 Å². The van der Waals surface area contributed by atoms with Gasteiger partial charge in [0.05, 0.1) is 17.1 Å². The molecule has 7 nitrogen and oxygen atoms in total. The highest BCUT2D eigenvalue weighted by Crippen LogP contribution is 2.28. The molecule has 0 fully saturated rings. The minimum Gasteiger partial charge on any atom is -0.394 e. The van der Waals surface area contributed by atoms with Gasteiger partial charge in [-0.15, -0.1) is 0 Å². The highest BCUT2D eigenvalue weighted by atomic mass is 16.6. The molecule has 0 bridgehead atoms. The zero-order chi connectivity index (χ0) is 15.5. The lowest BCUT2D eigenvalue weighted by Gasteiger charge is -2.24. The van der Waals surface area contributed by atoms with E-state index in [1.807, 2.05) is 0 Å². The van der Waals surface area contributed by atoms with Crippen molar-refractivity contribution >= 4 is 17.3 Å². The first-order valence-electron chi connectivity index (χ1n) is 6.07. The molecular formula is C13H19N3O4. The lowest BCUT2D eigenvalue weighted by Crippen LogP contribution is -2.35. The molecule has 2 N–H and O–H groups in total. The highest BCUT2D eigenvalue weighted by Gasteiger charge is 2.23. The smallest absolute Gasteiger partial charge is 0.293 e. The molecule has 0 aliphatic heterocycles. The number of nitro groups is 1. The fourth-order valence-corrected chi connectivity index (χ4v) is 1.58. The van der Waals surface area contributed by atoms with Gasteiger partial charge in [0.15, 0.2) is 0 Å². The summed E-state index contributed by atoms with van der Waals surface area (Å²) >= 11 is 0. The summed E-state index contributed by atoms with van der Waals surface area (Å²) in [7, 11) is 3.16. The van der Waals surface area contributed by atoms with Crippen LogP contribution in [0.4, 0.5) is 11.4 Å². The van der Waals surface area contributed by atoms with Gasteiger partial charge in [-0.3, -0.25) is 14.9 Å². The third kappa shape index (κ3) is 3.67. The number of nitrogens with one attached hydrogen (secondary N) is 1. The monoisotopic (exact) mass is 281 g/mol. The Balaban J connectivity index is 3.22. The molecular weight excluding hydrogens is 262 g/mol. The van der Waals surface area contributed by atoms with Crippen molar-refractivity contribution in [3.8, 4) is 0 Å². The lowest BCUT2D eigenvalue weighted by molar-refractivity contribution is -0.384. The van der Waals surface area contributed by atoms with E-state index in [9.17, 15) is 20.0 Å². The number of hydrogen-bond acceptors (Lipinski definition) is 5. The largest absolute Gasteiger partial charge is 0.394 e. The fraction of sp³-hybridized carbons (Fsp3) is 0.462. The van der Waals surface area contributed by atoms with E-state index in [-0.39, 0.29) is 29.5 Å². The van der Waals surface area contributed by atoms with Crippen molar-refractivity contribution in [2.45, 2.75) is 19.4 Å². The predicted molar refractivity (Wildman–Crippen MR) is 75.9 cm³/mol. The Kier molecular flexibility index (Phi) is 4.67. The lowest BCUT2D eigenvalue weighted by atomic mass is 10.1. The predicted octanol–water partition coefficient (Wildman–Crippen LogP) is 1.48. The van der Waals surface area contributed by atoms with Crippen molar-refractivity contribution in [1.82, 2.24) is 4.90 Å². The maximum Gasteiger partial charge on any atom is 0.293 e. The van der Waals surface area contributed by atoms with E-state index < -0.39 is 10.5 Å². The van der Waals surface area contributed by atoms with Gasteiger partial charge < -0.3 is 15.3 Å². The van der Waals surface area contributed by atoms with Gasteiger partial charge in [0, 0.05) is 25.7 Å². The number of carbonyl (C=O) groups is 1. The number of hydrogen-bond donors (Lipinski definition) is 2. The van der Waals surface area contributed by atoms with E-state index >= 15 is 0 Å². The Hall–Kier alpha value is -2.15. The molecule has 0 unspecified atom stereocenters.